The number of carboxylic acid groups (broad SMARTS) is 1. The topological polar surface area (TPSA) is 126 Å². The van der Waals surface area contributed by atoms with Crippen LogP contribution in [0.3, 0.4) is 0 Å². The predicted octanol–water partition coefficient (Wildman–Crippen LogP) is 3.70. The summed E-state index contributed by atoms with van der Waals surface area (Å²) in [4.78, 5) is 33.7. The third kappa shape index (κ3) is 5.08. The van der Waals surface area contributed by atoms with Crippen molar-refractivity contribution in [2.75, 3.05) is 18.8 Å². The lowest BCUT2D eigenvalue weighted by molar-refractivity contribution is -0.117. The van der Waals surface area contributed by atoms with Crippen molar-refractivity contribution in [1.82, 2.24) is 24.8 Å². The third-order valence-corrected chi connectivity index (χ3v) is 5.86. The number of carbonyl (C=O) groups is 2. The monoisotopic (exact) mass is 472 g/mol. The maximum absolute atomic E-state index is 11.7. The second-order valence-electron chi connectivity index (χ2n) is 8.51. The molecular formula is C26H28N6O3. The molecule has 2 heterocycles. The van der Waals surface area contributed by atoms with Gasteiger partial charge in [-0.25, -0.2) is 14.8 Å². The Morgan fingerprint density at radius 2 is 1.80 bits per heavy atom. The van der Waals surface area contributed by atoms with Crippen molar-refractivity contribution in [3.8, 4) is 0 Å². The average molecular weight is 473 g/mol. The Hall–Kier alpha value is -4.40. The molecule has 4 rings (SSSR count). The van der Waals surface area contributed by atoms with Gasteiger partial charge >= 0.3 is 6.09 Å². The first-order chi connectivity index (χ1) is 16.7. The Balaban J connectivity index is 1.52. The number of imidazole rings is 1. The molecule has 0 unspecified atom stereocenters. The normalized spacial score (nSPS) is 11.0. The van der Waals surface area contributed by atoms with Crippen molar-refractivity contribution in [1.29, 1.82) is 0 Å². The molecule has 9 heteroatoms. The molecule has 0 atom stereocenters. The minimum absolute atomic E-state index is 0.179. The number of nitrogen functional groups attached to an aromatic ring is 1. The average Bonchev–Trinajstić information content (AvgIpc) is 3.16. The van der Waals surface area contributed by atoms with E-state index in [-0.39, 0.29) is 25.5 Å². The lowest BCUT2D eigenvalue weighted by atomic mass is 10.1. The molecule has 4 aromatic rings. The summed E-state index contributed by atoms with van der Waals surface area (Å²) >= 11 is 0. The smallest absolute Gasteiger partial charge is 0.407 e. The highest BCUT2D eigenvalue weighted by Gasteiger charge is 2.16. The number of hydrogen-bond donors (Lipinski definition) is 3. The number of nitrogens with one attached hydrogen (secondary N) is 1. The van der Waals surface area contributed by atoms with Crippen molar-refractivity contribution in [2.24, 2.45) is 0 Å². The zero-order valence-corrected chi connectivity index (χ0v) is 19.8. The molecule has 0 spiro atoms. The summed E-state index contributed by atoms with van der Waals surface area (Å²) in [6, 6.07) is 15.7. The fourth-order valence-corrected chi connectivity index (χ4v) is 4.01. The zero-order valence-electron chi connectivity index (χ0n) is 19.8. The van der Waals surface area contributed by atoms with E-state index in [0.29, 0.717) is 23.5 Å². The molecule has 0 aliphatic rings. The van der Waals surface area contributed by atoms with Crippen LogP contribution >= 0.6 is 0 Å². The van der Waals surface area contributed by atoms with Gasteiger partial charge in [-0.15, -0.1) is 0 Å². The standard InChI is InChI=1S/C26H28N6O3/c1-16(2)25(33)28-12-13-31(26(34)35)14-18-8-10-19(11-9-18)15-32-17(3)29-22-23(32)20-6-4-5-7-21(20)30-24(22)27/h4-11H,1,12-15H2,2-3H3,(H2,27,30)(H,28,33)(H,34,35). The first-order valence-corrected chi connectivity index (χ1v) is 11.2. The number of aryl methyl sites for hydroxylation is 1. The largest absolute Gasteiger partial charge is 0.465 e. The van der Waals surface area contributed by atoms with Gasteiger partial charge in [-0.2, -0.15) is 0 Å². The summed E-state index contributed by atoms with van der Waals surface area (Å²) in [5, 5.41) is 13.2. The van der Waals surface area contributed by atoms with E-state index in [1.165, 1.54) is 4.90 Å². The molecule has 0 aliphatic heterocycles. The van der Waals surface area contributed by atoms with E-state index in [1.54, 1.807) is 6.92 Å². The zero-order chi connectivity index (χ0) is 25.1. The van der Waals surface area contributed by atoms with Crippen molar-refractivity contribution >= 4 is 39.8 Å². The van der Waals surface area contributed by atoms with Crippen molar-refractivity contribution < 1.29 is 14.7 Å². The van der Waals surface area contributed by atoms with Gasteiger partial charge in [0.1, 0.15) is 11.3 Å². The molecular weight excluding hydrogens is 444 g/mol. The van der Waals surface area contributed by atoms with Crippen LogP contribution in [0.4, 0.5) is 10.6 Å². The maximum atomic E-state index is 11.7. The fourth-order valence-electron chi connectivity index (χ4n) is 4.01. The van der Waals surface area contributed by atoms with Crippen molar-refractivity contribution in [2.45, 2.75) is 26.9 Å². The second-order valence-corrected chi connectivity index (χ2v) is 8.51. The number of rotatable bonds is 8. The van der Waals surface area contributed by atoms with E-state index < -0.39 is 6.09 Å². The van der Waals surface area contributed by atoms with Crippen molar-refractivity contribution in [3.63, 3.8) is 0 Å². The number of fused-ring (bicyclic) bond motifs is 3. The molecule has 2 aromatic heterocycles. The number of para-hydroxylation sites is 1. The van der Waals surface area contributed by atoms with Crippen LogP contribution in [-0.4, -0.2) is 49.6 Å². The van der Waals surface area contributed by atoms with Crippen LogP contribution < -0.4 is 11.1 Å². The minimum Gasteiger partial charge on any atom is -0.465 e. The third-order valence-electron chi connectivity index (χ3n) is 5.86. The quantitative estimate of drug-likeness (QED) is 0.336. The summed E-state index contributed by atoms with van der Waals surface area (Å²) < 4.78 is 2.12. The first kappa shape index (κ1) is 23.7. The number of aromatic nitrogens is 3. The Bertz CT molecular complexity index is 1420. The Morgan fingerprint density at radius 3 is 2.49 bits per heavy atom. The summed E-state index contributed by atoms with van der Waals surface area (Å²) in [7, 11) is 0. The van der Waals surface area contributed by atoms with Crippen LogP contribution in [0.2, 0.25) is 0 Å². The van der Waals surface area contributed by atoms with Gasteiger partial charge in [0.25, 0.3) is 0 Å². The van der Waals surface area contributed by atoms with Gasteiger partial charge in [0.05, 0.1) is 11.0 Å². The highest BCUT2D eigenvalue weighted by molar-refractivity contribution is 6.06. The van der Waals surface area contributed by atoms with Gasteiger partial charge in [-0.05, 0) is 31.0 Å². The Labute approximate surface area is 202 Å². The number of carbonyl (C=O) groups excluding carboxylic acids is 1. The van der Waals surface area contributed by atoms with Crippen LogP contribution in [-0.2, 0) is 17.9 Å². The number of benzene rings is 2. The summed E-state index contributed by atoms with van der Waals surface area (Å²) in [6.45, 7) is 8.33. The van der Waals surface area contributed by atoms with Crippen molar-refractivity contribution in [3.05, 3.63) is 77.6 Å². The predicted molar refractivity (Wildman–Crippen MR) is 136 cm³/mol. The van der Waals surface area contributed by atoms with Gasteiger partial charge in [0.15, 0.2) is 5.82 Å². The van der Waals surface area contributed by atoms with E-state index in [9.17, 15) is 14.7 Å². The van der Waals surface area contributed by atoms with Gasteiger partial charge in [-0.3, -0.25) is 4.79 Å². The summed E-state index contributed by atoms with van der Waals surface area (Å²) in [6.07, 6.45) is -1.04. The number of anilines is 1. The Kier molecular flexibility index (Phi) is 6.68. The van der Waals surface area contributed by atoms with Gasteiger partial charge in [0.2, 0.25) is 5.91 Å². The molecule has 0 fully saturated rings. The number of nitrogens with two attached hydrogens (primary N) is 1. The van der Waals surface area contributed by atoms with Gasteiger partial charge < -0.3 is 25.6 Å². The van der Waals surface area contributed by atoms with Gasteiger partial charge in [0, 0.05) is 37.1 Å². The number of hydrogen-bond acceptors (Lipinski definition) is 5. The summed E-state index contributed by atoms with van der Waals surface area (Å²) in [5.74, 6) is 0.958. The number of pyridine rings is 1. The Morgan fingerprint density at radius 1 is 1.11 bits per heavy atom. The highest BCUT2D eigenvalue weighted by Crippen LogP contribution is 2.29. The molecule has 0 bridgehead atoms. The van der Waals surface area contributed by atoms with Crippen LogP contribution in [0.5, 0.6) is 0 Å². The molecule has 4 N–H and O–H groups in total. The van der Waals surface area contributed by atoms with E-state index in [2.05, 4.69) is 26.4 Å². The van der Waals surface area contributed by atoms with E-state index in [1.807, 2.05) is 55.5 Å². The molecule has 35 heavy (non-hydrogen) atoms. The fraction of sp³-hybridized carbons (Fsp3) is 0.231. The summed E-state index contributed by atoms with van der Waals surface area (Å²) in [5.41, 5.74) is 10.9. The van der Waals surface area contributed by atoms with Gasteiger partial charge in [-0.1, -0.05) is 49.0 Å². The lowest BCUT2D eigenvalue weighted by Gasteiger charge is -2.20. The van der Waals surface area contributed by atoms with E-state index in [0.717, 1.165) is 33.4 Å². The molecule has 0 saturated carbocycles. The highest BCUT2D eigenvalue weighted by atomic mass is 16.4. The number of nitrogens with zero attached hydrogens (tertiary/aromatic N) is 4. The molecule has 2 amide bonds. The van der Waals surface area contributed by atoms with Crippen LogP contribution in [0, 0.1) is 6.92 Å². The maximum Gasteiger partial charge on any atom is 0.407 e. The molecule has 0 aliphatic carbocycles. The van der Waals surface area contributed by atoms with Crippen LogP contribution in [0.25, 0.3) is 21.9 Å². The molecule has 180 valence electrons. The minimum atomic E-state index is -1.04. The first-order valence-electron chi connectivity index (χ1n) is 11.2. The van der Waals surface area contributed by atoms with E-state index >= 15 is 0 Å². The lowest BCUT2D eigenvalue weighted by Crippen LogP contribution is -2.37. The van der Waals surface area contributed by atoms with E-state index in [4.69, 9.17) is 5.73 Å². The number of amides is 2. The molecule has 9 nitrogen and oxygen atoms in total. The second kappa shape index (κ2) is 9.84. The van der Waals surface area contributed by atoms with Crippen LogP contribution in [0.1, 0.15) is 23.9 Å². The molecule has 0 saturated heterocycles. The SMILES string of the molecule is C=C(C)C(=O)NCCN(Cc1ccc(Cn2c(C)nc3c(N)nc4ccccc4c32)cc1)C(=O)O. The molecule has 0 radical (unpaired) electrons. The molecule has 2 aromatic carbocycles. The van der Waals surface area contributed by atoms with Crippen LogP contribution in [0.15, 0.2) is 60.7 Å².